The van der Waals surface area contributed by atoms with Gasteiger partial charge in [-0.3, -0.25) is 0 Å². The van der Waals surface area contributed by atoms with Crippen LogP contribution in [0.4, 0.5) is 0 Å². The number of ether oxygens (including phenoxy) is 1. The van der Waals surface area contributed by atoms with Crippen molar-refractivity contribution in [2.75, 3.05) is 26.2 Å². The third kappa shape index (κ3) is 4.54. The SMILES string of the molecule is Cc1ccc(S(=O)(=O)NCCOC2CCNCC2)s1. The topological polar surface area (TPSA) is 67.4 Å². The first-order valence-electron chi connectivity index (χ1n) is 6.46. The standard InChI is InChI=1S/C12H20N2O3S2/c1-10-2-3-12(18-10)19(15,16)14-8-9-17-11-4-6-13-7-5-11/h2-3,11,13-14H,4-9H2,1H3. The van der Waals surface area contributed by atoms with Crippen molar-refractivity contribution in [1.82, 2.24) is 10.0 Å². The van der Waals surface area contributed by atoms with Gasteiger partial charge in [-0.15, -0.1) is 11.3 Å². The Kier molecular flexibility index (Phi) is 5.35. The van der Waals surface area contributed by atoms with Gasteiger partial charge in [-0.25, -0.2) is 13.1 Å². The first kappa shape index (κ1) is 14.9. The van der Waals surface area contributed by atoms with Crippen molar-refractivity contribution in [2.45, 2.75) is 30.1 Å². The van der Waals surface area contributed by atoms with Crippen molar-refractivity contribution in [3.63, 3.8) is 0 Å². The monoisotopic (exact) mass is 304 g/mol. The number of piperidine rings is 1. The molecule has 1 saturated heterocycles. The molecular weight excluding hydrogens is 284 g/mol. The van der Waals surface area contributed by atoms with E-state index < -0.39 is 10.0 Å². The van der Waals surface area contributed by atoms with Gasteiger partial charge < -0.3 is 10.1 Å². The highest BCUT2D eigenvalue weighted by Crippen LogP contribution is 2.20. The second-order valence-electron chi connectivity index (χ2n) is 4.58. The molecule has 2 heterocycles. The van der Waals surface area contributed by atoms with E-state index in [1.54, 1.807) is 6.07 Å². The third-order valence-corrected chi connectivity index (χ3v) is 5.97. The maximum atomic E-state index is 11.9. The van der Waals surface area contributed by atoms with Gasteiger partial charge in [0.05, 0.1) is 12.7 Å². The predicted octanol–water partition coefficient (Wildman–Crippen LogP) is 1.10. The number of hydrogen-bond acceptors (Lipinski definition) is 5. The number of nitrogens with one attached hydrogen (secondary N) is 2. The van der Waals surface area contributed by atoms with Crippen LogP contribution in [0.5, 0.6) is 0 Å². The molecular formula is C12H20N2O3S2. The van der Waals surface area contributed by atoms with Crippen LogP contribution >= 0.6 is 11.3 Å². The summed E-state index contributed by atoms with van der Waals surface area (Å²) >= 11 is 1.28. The summed E-state index contributed by atoms with van der Waals surface area (Å²) in [6, 6.07) is 3.45. The molecule has 1 aliphatic rings. The number of rotatable bonds is 6. The fraction of sp³-hybridized carbons (Fsp3) is 0.667. The number of hydrogen-bond donors (Lipinski definition) is 2. The van der Waals surface area contributed by atoms with Gasteiger partial charge in [-0.2, -0.15) is 0 Å². The van der Waals surface area contributed by atoms with E-state index in [1.165, 1.54) is 11.3 Å². The van der Waals surface area contributed by atoms with Gasteiger partial charge in [0, 0.05) is 11.4 Å². The van der Waals surface area contributed by atoms with Gasteiger partial charge in [0.15, 0.2) is 0 Å². The average Bonchev–Trinajstić information content (AvgIpc) is 2.84. The minimum absolute atomic E-state index is 0.259. The summed E-state index contributed by atoms with van der Waals surface area (Å²) in [5.41, 5.74) is 0. The Bertz CT molecular complexity index is 493. The van der Waals surface area contributed by atoms with Crippen molar-refractivity contribution < 1.29 is 13.2 Å². The third-order valence-electron chi connectivity index (χ3n) is 3.01. The first-order valence-corrected chi connectivity index (χ1v) is 8.76. The highest BCUT2D eigenvalue weighted by Gasteiger charge is 2.16. The molecule has 0 saturated carbocycles. The maximum Gasteiger partial charge on any atom is 0.250 e. The van der Waals surface area contributed by atoms with Crippen LogP contribution < -0.4 is 10.0 Å². The van der Waals surface area contributed by atoms with Gasteiger partial charge in [0.25, 0.3) is 0 Å². The number of thiophene rings is 1. The second kappa shape index (κ2) is 6.81. The van der Waals surface area contributed by atoms with E-state index in [9.17, 15) is 8.42 Å². The Morgan fingerprint density at radius 2 is 2.16 bits per heavy atom. The average molecular weight is 304 g/mol. The summed E-state index contributed by atoms with van der Waals surface area (Å²) < 4.78 is 32.5. The largest absolute Gasteiger partial charge is 0.377 e. The van der Waals surface area contributed by atoms with E-state index in [0.29, 0.717) is 17.4 Å². The quantitative estimate of drug-likeness (QED) is 0.773. The van der Waals surface area contributed by atoms with E-state index >= 15 is 0 Å². The molecule has 0 atom stereocenters. The molecule has 2 N–H and O–H groups in total. The van der Waals surface area contributed by atoms with Gasteiger partial charge in [-0.1, -0.05) is 0 Å². The van der Waals surface area contributed by atoms with Gasteiger partial charge >= 0.3 is 0 Å². The second-order valence-corrected chi connectivity index (χ2v) is 7.86. The lowest BCUT2D eigenvalue weighted by Crippen LogP contribution is -2.34. The Balaban J connectivity index is 1.72. The highest BCUT2D eigenvalue weighted by atomic mass is 32.2. The molecule has 19 heavy (non-hydrogen) atoms. The molecule has 0 radical (unpaired) electrons. The minimum Gasteiger partial charge on any atom is -0.377 e. The van der Waals surface area contributed by atoms with Crippen LogP contribution in [0.2, 0.25) is 0 Å². The van der Waals surface area contributed by atoms with Crippen LogP contribution in [0.1, 0.15) is 17.7 Å². The van der Waals surface area contributed by atoms with E-state index in [2.05, 4.69) is 10.0 Å². The van der Waals surface area contributed by atoms with Crippen molar-refractivity contribution >= 4 is 21.4 Å². The predicted molar refractivity (Wildman–Crippen MR) is 76.1 cm³/mol. The van der Waals surface area contributed by atoms with Crippen molar-refractivity contribution in [1.29, 1.82) is 0 Å². The Labute approximate surface area is 118 Å². The maximum absolute atomic E-state index is 11.9. The van der Waals surface area contributed by atoms with E-state index in [1.807, 2.05) is 13.0 Å². The number of sulfonamides is 1. The van der Waals surface area contributed by atoms with E-state index in [0.717, 1.165) is 30.8 Å². The van der Waals surface area contributed by atoms with E-state index in [-0.39, 0.29) is 6.10 Å². The number of aryl methyl sites for hydroxylation is 1. The lowest BCUT2D eigenvalue weighted by atomic mass is 10.1. The Hall–Kier alpha value is -0.470. The molecule has 1 fully saturated rings. The molecule has 1 aliphatic heterocycles. The minimum atomic E-state index is -3.37. The molecule has 0 bridgehead atoms. The van der Waals surface area contributed by atoms with Gasteiger partial charge in [0.1, 0.15) is 4.21 Å². The van der Waals surface area contributed by atoms with Gasteiger partial charge in [0.2, 0.25) is 10.0 Å². The van der Waals surface area contributed by atoms with Crippen LogP contribution in [0.15, 0.2) is 16.3 Å². The summed E-state index contributed by atoms with van der Waals surface area (Å²) in [7, 11) is -3.37. The fourth-order valence-corrected chi connectivity index (χ4v) is 4.33. The van der Waals surface area contributed by atoms with Crippen LogP contribution in [-0.2, 0) is 14.8 Å². The zero-order valence-electron chi connectivity index (χ0n) is 11.0. The molecule has 1 aromatic rings. The molecule has 0 unspecified atom stereocenters. The summed E-state index contributed by atoms with van der Waals surface area (Å²) in [5, 5.41) is 3.26. The van der Waals surface area contributed by atoms with Gasteiger partial charge in [-0.05, 0) is 45.0 Å². The molecule has 1 aromatic heterocycles. The van der Waals surface area contributed by atoms with Crippen LogP contribution in [-0.4, -0.2) is 40.8 Å². The molecule has 2 rings (SSSR count). The summed E-state index contributed by atoms with van der Waals surface area (Å²) in [6.07, 6.45) is 2.25. The molecule has 0 aliphatic carbocycles. The zero-order chi connectivity index (χ0) is 13.7. The van der Waals surface area contributed by atoms with E-state index in [4.69, 9.17) is 4.74 Å². The lowest BCUT2D eigenvalue weighted by Gasteiger charge is -2.22. The van der Waals surface area contributed by atoms with Crippen LogP contribution in [0.3, 0.4) is 0 Å². The van der Waals surface area contributed by atoms with Crippen LogP contribution in [0.25, 0.3) is 0 Å². The molecule has 7 heteroatoms. The Morgan fingerprint density at radius 3 is 2.79 bits per heavy atom. The zero-order valence-corrected chi connectivity index (χ0v) is 12.6. The lowest BCUT2D eigenvalue weighted by molar-refractivity contribution is 0.0367. The highest BCUT2D eigenvalue weighted by molar-refractivity contribution is 7.91. The summed E-state index contributed by atoms with van der Waals surface area (Å²) in [4.78, 5) is 0.992. The van der Waals surface area contributed by atoms with Crippen molar-refractivity contribution in [3.8, 4) is 0 Å². The van der Waals surface area contributed by atoms with Crippen molar-refractivity contribution in [2.24, 2.45) is 0 Å². The Morgan fingerprint density at radius 1 is 1.42 bits per heavy atom. The smallest absolute Gasteiger partial charge is 0.250 e. The summed E-state index contributed by atoms with van der Waals surface area (Å²) in [6.45, 7) is 4.59. The fourth-order valence-electron chi connectivity index (χ4n) is 1.99. The normalized spacial score (nSPS) is 17.7. The summed E-state index contributed by atoms with van der Waals surface area (Å²) in [5.74, 6) is 0. The molecule has 0 aromatic carbocycles. The molecule has 5 nitrogen and oxygen atoms in total. The first-order chi connectivity index (χ1) is 9.08. The molecule has 108 valence electrons. The van der Waals surface area contributed by atoms with Crippen molar-refractivity contribution in [3.05, 3.63) is 17.0 Å². The molecule has 0 spiro atoms. The van der Waals surface area contributed by atoms with Crippen LogP contribution in [0, 0.1) is 6.92 Å². The molecule has 0 amide bonds.